The van der Waals surface area contributed by atoms with E-state index in [-0.39, 0.29) is 30.1 Å². The van der Waals surface area contributed by atoms with Gasteiger partial charge in [-0.05, 0) is 80.5 Å². The fourth-order valence-corrected chi connectivity index (χ4v) is 7.15. The molecule has 1 aliphatic rings. The summed E-state index contributed by atoms with van der Waals surface area (Å²) in [6, 6.07) is 25.3. The number of hydrogen-bond donors (Lipinski definition) is 2. The highest BCUT2D eigenvalue weighted by Gasteiger charge is 2.30. The number of thiophene rings is 1. The van der Waals surface area contributed by atoms with Gasteiger partial charge in [0.2, 0.25) is 5.91 Å². The largest absolute Gasteiger partial charge is 0.462 e. The van der Waals surface area contributed by atoms with Crippen LogP contribution in [0.1, 0.15) is 61.5 Å². The Morgan fingerprint density at radius 1 is 0.976 bits per heavy atom. The lowest BCUT2D eigenvalue weighted by Gasteiger charge is -2.23. The summed E-state index contributed by atoms with van der Waals surface area (Å²) in [5.74, 6) is -0.227. The van der Waals surface area contributed by atoms with Crippen molar-refractivity contribution in [3.05, 3.63) is 112 Å². The van der Waals surface area contributed by atoms with E-state index in [0.717, 1.165) is 40.2 Å². The molecular formula is C33H32N2O4S2. The molecule has 1 heterocycles. The number of thioether (sulfide) groups is 1. The van der Waals surface area contributed by atoms with Gasteiger partial charge in [-0.15, -0.1) is 23.1 Å². The second-order valence-electron chi connectivity index (χ2n) is 9.97. The maximum absolute atomic E-state index is 13.0. The Morgan fingerprint density at radius 3 is 2.56 bits per heavy atom. The molecule has 3 aromatic carbocycles. The van der Waals surface area contributed by atoms with Gasteiger partial charge in [-0.2, -0.15) is 0 Å². The van der Waals surface area contributed by atoms with Crippen LogP contribution in [0, 0.1) is 6.92 Å². The number of hydrogen-bond acceptors (Lipinski definition) is 6. The Labute approximate surface area is 248 Å². The van der Waals surface area contributed by atoms with Crippen molar-refractivity contribution in [1.82, 2.24) is 0 Å². The normalized spacial score (nSPS) is 14.1. The van der Waals surface area contributed by atoms with E-state index in [1.54, 1.807) is 13.0 Å². The van der Waals surface area contributed by atoms with Crippen LogP contribution in [0.15, 0.2) is 83.8 Å². The van der Waals surface area contributed by atoms with Crippen LogP contribution in [-0.2, 0) is 22.4 Å². The minimum absolute atomic E-state index is 0.159. The molecule has 0 bridgehead atoms. The van der Waals surface area contributed by atoms with Crippen molar-refractivity contribution in [3.63, 3.8) is 0 Å². The predicted molar refractivity (Wildman–Crippen MR) is 166 cm³/mol. The lowest BCUT2D eigenvalue weighted by molar-refractivity contribution is -0.113. The SMILES string of the molecule is CCOC(=O)c1c(NC(=O)CSc2cccc(NC(=O)c3cccc(C)c3)c2)sc2c1CCC(c1ccccc1)C2. The summed E-state index contributed by atoms with van der Waals surface area (Å²) >= 11 is 2.85. The molecule has 1 aliphatic carbocycles. The number of carbonyl (C=O) groups excluding carboxylic acids is 3. The number of fused-ring (bicyclic) bond motifs is 1. The van der Waals surface area contributed by atoms with Gasteiger partial charge in [0.25, 0.3) is 5.91 Å². The fraction of sp³-hybridized carbons (Fsp3) is 0.242. The van der Waals surface area contributed by atoms with Crippen LogP contribution in [0.5, 0.6) is 0 Å². The standard InChI is InChI=1S/C33H32N2O4S2/c1-3-39-33(38)30-27-16-15-23(22-10-5-4-6-11-22)18-28(27)41-32(30)35-29(36)20-40-26-14-8-13-25(19-26)34-31(37)24-12-7-9-21(2)17-24/h4-14,17,19,23H,3,15-16,18,20H2,1-2H3,(H,34,37)(H,35,36). The second-order valence-corrected chi connectivity index (χ2v) is 12.1. The van der Waals surface area contributed by atoms with Crippen LogP contribution in [0.25, 0.3) is 0 Å². The molecule has 0 radical (unpaired) electrons. The molecule has 0 saturated heterocycles. The highest BCUT2D eigenvalue weighted by Crippen LogP contribution is 2.43. The molecule has 1 atom stereocenters. The van der Waals surface area contributed by atoms with Gasteiger partial charge < -0.3 is 15.4 Å². The fourth-order valence-electron chi connectivity index (χ4n) is 5.07. The maximum atomic E-state index is 13.0. The number of nitrogens with one attached hydrogen (secondary N) is 2. The molecule has 41 heavy (non-hydrogen) atoms. The van der Waals surface area contributed by atoms with Gasteiger partial charge in [-0.1, -0.05) is 54.1 Å². The quantitative estimate of drug-likeness (QED) is 0.157. The lowest BCUT2D eigenvalue weighted by atomic mass is 9.83. The first-order valence-electron chi connectivity index (χ1n) is 13.7. The molecule has 0 saturated carbocycles. The third-order valence-corrected chi connectivity index (χ3v) is 9.17. The number of anilines is 2. The van der Waals surface area contributed by atoms with E-state index in [9.17, 15) is 14.4 Å². The van der Waals surface area contributed by atoms with Gasteiger partial charge in [-0.3, -0.25) is 9.59 Å². The number of aryl methyl sites for hydroxylation is 1. The second kappa shape index (κ2) is 13.2. The zero-order valence-corrected chi connectivity index (χ0v) is 24.7. The van der Waals surface area contributed by atoms with E-state index >= 15 is 0 Å². The molecule has 210 valence electrons. The molecule has 2 N–H and O–H groups in total. The van der Waals surface area contributed by atoms with Crippen molar-refractivity contribution < 1.29 is 19.1 Å². The number of carbonyl (C=O) groups is 3. The lowest BCUT2D eigenvalue weighted by Crippen LogP contribution is -2.18. The first kappa shape index (κ1) is 28.6. The summed E-state index contributed by atoms with van der Waals surface area (Å²) in [7, 11) is 0. The van der Waals surface area contributed by atoms with Crippen LogP contribution in [-0.4, -0.2) is 30.1 Å². The van der Waals surface area contributed by atoms with Crippen LogP contribution >= 0.6 is 23.1 Å². The number of esters is 1. The van der Waals surface area contributed by atoms with Crippen molar-refractivity contribution in [3.8, 4) is 0 Å². The van der Waals surface area contributed by atoms with E-state index in [4.69, 9.17) is 4.74 Å². The first-order valence-corrected chi connectivity index (χ1v) is 15.5. The first-order chi connectivity index (χ1) is 19.9. The van der Waals surface area contributed by atoms with Gasteiger partial charge >= 0.3 is 5.97 Å². The average molecular weight is 585 g/mol. The van der Waals surface area contributed by atoms with Crippen LogP contribution < -0.4 is 10.6 Å². The van der Waals surface area contributed by atoms with Crippen molar-refractivity contribution in [2.45, 2.75) is 43.9 Å². The Kier molecular flexibility index (Phi) is 9.21. The zero-order chi connectivity index (χ0) is 28.8. The van der Waals surface area contributed by atoms with Gasteiger partial charge in [0.1, 0.15) is 5.00 Å². The smallest absolute Gasteiger partial charge is 0.341 e. The third-order valence-electron chi connectivity index (χ3n) is 7.01. The van der Waals surface area contributed by atoms with Gasteiger partial charge in [0.15, 0.2) is 0 Å². The van der Waals surface area contributed by atoms with Gasteiger partial charge in [0, 0.05) is 21.0 Å². The third kappa shape index (κ3) is 7.07. The number of ether oxygens (including phenoxy) is 1. The maximum Gasteiger partial charge on any atom is 0.341 e. The molecule has 0 fully saturated rings. The summed E-state index contributed by atoms with van der Waals surface area (Å²) in [5.41, 5.74) is 5.06. The highest BCUT2D eigenvalue weighted by molar-refractivity contribution is 8.00. The van der Waals surface area contributed by atoms with Crippen molar-refractivity contribution in [2.24, 2.45) is 0 Å². The van der Waals surface area contributed by atoms with Crippen LogP contribution in [0.4, 0.5) is 10.7 Å². The Hall–Kier alpha value is -3.88. The summed E-state index contributed by atoms with van der Waals surface area (Å²) in [6.45, 7) is 4.01. The number of amides is 2. The molecule has 0 aliphatic heterocycles. The molecular weight excluding hydrogens is 553 g/mol. The summed E-state index contributed by atoms with van der Waals surface area (Å²) < 4.78 is 5.38. The molecule has 8 heteroatoms. The Bertz CT molecular complexity index is 1560. The van der Waals surface area contributed by atoms with Crippen LogP contribution in [0.2, 0.25) is 0 Å². The number of rotatable bonds is 9. The topological polar surface area (TPSA) is 84.5 Å². The molecule has 5 rings (SSSR count). The monoisotopic (exact) mass is 584 g/mol. The van der Waals surface area contributed by atoms with E-state index in [2.05, 4.69) is 34.9 Å². The minimum atomic E-state index is -0.386. The minimum Gasteiger partial charge on any atom is -0.462 e. The Morgan fingerprint density at radius 2 is 1.78 bits per heavy atom. The van der Waals surface area contributed by atoms with E-state index in [1.807, 2.05) is 55.5 Å². The highest BCUT2D eigenvalue weighted by atomic mass is 32.2. The Balaban J connectivity index is 1.25. The predicted octanol–water partition coefficient (Wildman–Crippen LogP) is 7.49. The molecule has 2 amide bonds. The van der Waals surface area contributed by atoms with Crippen molar-refractivity contribution in [2.75, 3.05) is 23.0 Å². The number of benzene rings is 3. The average Bonchev–Trinajstić information content (AvgIpc) is 3.34. The molecule has 1 unspecified atom stereocenters. The summed E-state index contributed by atoms with van der Waals surface area (Å²) in [5, 5.41) is 6.48. The van der Waals surface area contributed by atoms with Crippen molar-refractivity contribution >= 4 is 51.6 Å². The summed E-state index contributed by atoms with van der Waals surface area (Å²) in [6.07, 6.45) is 2.55. The van der Waals surface area contributed by atoms with Gasteiger partial charge in [-0.25, -0.2) is 4.79 Å². The van der Waals surface area contributed by atoms with Crippen LogP contribution in [0.3, 0.4) is 0 Å². The van der Waals surface area contributed by atoms with E-state index < -0.39 is 0 Å². The van der Waals surface area contributed by atoms with Crippen molar-refractivity contribution in [1.29, 1.82) is 0 Å². The molecule has 1 aromatic heterocycles. The molecule has 6 nitrogen and oxygen atoms in total. The zero-order valence-electron chi connectivity index (χ0n) is 23.1. The molecule has 4 aromatic rings. The van der Waals surface area contributed by atoms with Gasteiger partial charge in [0.05, 0.1) is 17.9 Å². The van der Waals surface area contributed by atoms with E-state index in [0.29, 0.717) is 27.7 Å². The summed E-state index contributed by atoms with van der Waals surface area (Å²) in [4.78, 5) is 40.6. The molecule has 0 spiro atoms. The van der Waals surface area contributed by atoms with E-state index in [1.165, 1.54) is 28.7 Å².